The summed E-state index contributed by atoms with van der Waals surface area (Å²) in [6.07, 6.45) is 9.35. The van der Waals surface area contributed by atoms with E-state index in [0.29, 0.717) is 18.8 Å². The lowest BCUT2D eigenvalue weighted by Crippen LogP contribution is -2.32. The number of carboxylic acids is 1. The largest absolute Gasteiger partial charge is 0.478 e. The van der Waals surface area contributed by atoms with Crippen molar-refractivity contribution in [1.29, 1.82) is 0 Å². The van der Waals surface area contributed by atoms with E-state index < -0.39 is 16.0 Å². The summed E-state index contributed by atoms with van der Waals surface area (Å²) in [5.41, 5.74) is 1.75. The van der Waals surface area contributed by atoms with Crippen molar-refractivity contribution >= 4 is 21.7 Å². The van der Waals surface area contributed by atoms with Gasteiger partial charge in [-0.1, -0.05) is 11.6 Å². The standard InChI is InChI=1S/C20H28N2O5S/c23-20(24)16-8-9-18(21-11-10-15-5-2-1-3-6-15)19(13-16)28(25,26)22-14-17-7-4-12-27-17/h5,8-9,13,17,21-22H,1-4,6-7,10-12,14H2,(H,23,24)/t17-/m0/s1. The number of hydrogen-bond donors (Lipinski definition) is 3. The van der Waals surface area contributed by atoms with E-state index in [4.69, 9.17) is 4.74 Å². The Kier molecular flexibility index (Phi) is 7.09. The summed E-state index contributed by atoms with van der Waals surface area (Å²) in [5, 5.41) is 12.4. The fourth-order valence-corrected chi connectivity index (χ4v) is 4.87. The Morgan fingerprint density at radius 2 is 2.11 bits per heavy atom. The molecular formula is C20H28N2O5S. The van der Waals surface area contributed by atoms with Crippen molar-refractivity contribution in [3.63, 3.8) is 0 Å². The molecule has 1 aromatic rings. The Balaban J connectivity index is 1.72. The topological polar surface area (TPSA) is 105 Å². The lowest BCUT2D eigenvalue weighted by atomic mass is 9.97. The first-order chi connectivity index (χ1) is 13.5. The van der Waals surface area contributed by atoms with Gasteiger partial charge in [0.25, 0.3) is 0 Å². The van der Waals surface area contributed by atoms with E-state index in [2.05, 4.69) is 16.1 Å². The van der Waals surface area contributed by atoms with Gasteiger partial charge in [0.05, 0.1) is 17.4 Å². The molecule has 0 amide bonds. The van der Waals surface area contributed by atoms with Crippen LogP contribution in [0.1, 0.15) is 55.3 Å². The number of allylic oxidation sites excluding steroid dienone is 1. The Morgan fingerprint density at radius 3 is 2.79 bits per heavy atom. The van der Waals surface area contributed by atoms with Crippen LogP contribution in [0.5, 0.6) is 0 Å². The number of hydrogen-bond acceptors (Lipinski definition) is 5. The minimum Gasteiger partial charge on any atom is -0.478 e. The molecule has 28 heavy (non-hydrogen) atoms. The first-order valence-electron chi connectivity index (χ1n) is 9.86. The second kappa shape index (κ2) is 9.54. The van der Waals surface area contributed by atoms with Crippen LogP contribution in [0.15, 0.2) is 34.7 Å². The fourth-order valence-electron chi connectivity index (χ4n) is 3.60. The van der Waals surface area contributed by atoms with Crippen molar-refractivity contribution < 1.29 is 23.1 Å². The molecule has 1 aliphatic carbocycles. The van der Waals surface area contributed by atoms with Crippen molar-refractivity contribution in [2.75, 3.05) is 25.0 Å². The highest BCUT2D eigenvalue weighted by molar-refractivity contribution is 7.89. The molecule has 1 aliphatic heterocycles. The van der Waals surface area contributed by atoms with Gasteiger partial charge in [-0.25, -0.2) is 17.9 Å². The van der Waals surface area contributed by atoms with Crippen molar-refractivity contribution in [3.8, 4) is 0 Å². The van der Waals surface area contributed by atoms with Crippen LogP contribution in [0.25, 0.3) is 0 Å². The molecule has 1 fully saturated rings. The molecule has 7 nitrogen and oxygen atoms in total. The van der Waals surface area contributed by atoms with E-state index in [1.54, 1.807) is 0 Å². The van der Waals surface area contributed by atoms with E-state index in [0.717, 1.165) is 32.1 Å². The van der Waals surface area contributed by atoms with Gasteiger partial charge in [0.2, 0.25) is 10.0 Å². The van der Waals surface area contributed by atoms with Gasteiger partial charge in [0.15, 0.2) is 0 Å². The number of sulfonamides is 1. The van der Waals surface area contributed by atoms with Gasteiger partial charge >= 0.3 is 5.97 Å². The molecule has 0 aromatic heterocycles. The van der Waals surface area contributed by atoms with Crippen LogP contribution in [-0.2, 0) is 14.8 Å². The summed E-state index contributed by atoms with van der Waals surface area (Å²) >= 11 is 0. The predicted molar refractivity (Wildman–Crippen MR) is 107 cm³/mol. The predicted octanol–water partition coefficient (Wildman–Crippen LogP) is 3.14. The number of nitrogens with one attached hydrogen (secondary N) is 2. The summed E-state index contributed by atoms with van der Waals surface area (Å²) in [7, 11) is -3.86. The minimum absolute atomic E-state index is 0.0389. The second-order valence-corrected chi connectivity index (χ2v) is 9.02. The molecule has 2 aliphatic rings. The molecular weight excluding hydrogens is 380 g/mol. The van der Waals surface area contributed by atoms with Crippen LogP contribution in [-0.4, -0.2) is 45.3 Å². The molecule has 0 radical (unpaired) electrons. The first kappa shape index (κ1) is 20.8. The number of rotatable bonds is 9. The van der Waals surface area contributed by atoms with E-state index in [9.17, 15) is 18.3 Å². The third-order valence-corrected chi connectivity index (χ3v) is 6.65. The molecule has 1 atom stereocenters. The van der Waals surface area contributed by atoms with Crippen LogP contribution in [0, 0.1) is 0 Å². The lowest BCUT2D eigenvalue weighted by Gasteiger charge is -2.17. The van der Waals surface area contributed by atoms with Crippen molar-refractivity contribution in [2.45, 2.75) is 55.9 Å². The molecule has 0 bridgehead atoms. The molecule has 8 heteroatoms. The lowest BCUT2D eigenvalue weighted by molar-refractivity contribution is 0.0696. The second-order valence-electron chi connectivity index (χ2n) is 7.29. The summed E-state index contributed by atoms with van der Waals surface area (Å²) in [6, 6.07) is 4.16. The molecule has 0 unspecified atom stereocenters. The maximum Gasteiger partial charge on any atom is 0.335 e. The Labute approximate surface area is 166 Å². The summed E-state index contributed by atoms with van der Waals surface area (Å²) in [4.78, 5) is 11.3. The molecule has 3 rings (SSSR count). The van der Waals surface area contributed by atoms with Gasteiger partial charge in [0.1, 0.15) is 4.90 Å². The summed E-state index contributed by atoms with van der Waals surface area (Å²) < 4.78 is 33.7. The van der Waals surface area contributed by atoms with E-state index in [1.807, 2.05) is 0 Å². The SMILES string of the molecule is O=C(O)c1ccc(NCCC2=CCCCC2)c(S(=O)(=O)NC[C@@H]2CCCO2)c1. The Morgan fingerprint density at radius 1 is 1.25 bits per heavy atom. The van der Waals surface area contributed by atoms with Gasteiger partial charge in [-0.15, -0.1) is 0 Å². The Hall–Kier alpha value is -1.90. The number of aromatic carboxylic acids is 1. The highest BCUT2D eigenvalue weighted by atomic mass is 32.2. The fraction of sp³-hybridized carbons (Fsp3) is 0.550. The van der Waals surface area contributed by atoms with Crippen molar-refractivity contribution in [2.24, 2.45) is 0 Å². The number of carbonyl (C=O) groups is 1. The number of benzene rings is 1. The van der Waals surface area contributed by atoms with Gasteiger partial charge in [-0.05, 0) is 63.1 Å². The normalized spacial score (nSPS) is 20.0. The van der Waals surface area contributed by atoms with Gasteiger partial charge in [-0.2, -0.15) is 0 Å². The molecule has 3 N–H and O–H groups in total. The average molecular weight is 409 g/mol. The van der Waals surface area contributed by atoms with Crippen LogP contribution in [0.3, 0.4) is 0 Å². The zero-order chi connectivity index (χ0) is 20.0. The average Bonchev–Trinajstić information content (AvgIpc) is 3.21. The highest BCUT2D eigenvalue weighted by Crippen LogP contribution is 2.25. The first-order valence-corrected chi connectivity index (χ1v) is 11.3. The zero-order valence-electron chi connectivity index (χ0n) is 15.9. The van der Waals surface area contributed by atoms with Crippen molar-refractivity contribution in [3.05, 3.63) is 35.4 Å². The minimum atomic E-state index is -3.86. The van der Waals surface area contributed by atoms with E-state index in [1.165, 1.54) is 36.6 Å². The van der Waals surface area contributed by atoms with Crippen molar-refractivity contribution in [1.82, 2.24) is 4.72 Å². The Bertz CT molecular complexity index is 829. The third-order valence-electron chi connectivity index (χ3n) is 5.19. The van der Waals surface area contributed by atoms with Gasteiger partial charge < -0.3 is 15.2 Å². The van der Waals surface area contributed by atoms with Crippen LogP contribution < -0.4 is 10.0 Å². The number of anilines is 1. The zero-order valence-corrected chi connectivity index (χ0v) is 16.8. The molecule has 1 heterocycles. The molecule has 0 spiro atoms. The number of carboxylic acid groups (broad SMARTS) is 1. The van der Waals surface area contributed by atoms with E-state index in [-0.39, 0.29) is 23.1 Å². The number of ether oxygens (including phenoxy) is 1. The quantitative estimate of drug-likeness (QED) is 0.542. The monoisotopic (exact) mass is 408 g/mol. The van der Waals surface area contributed by atoms with Crippen LogP contribution in [0.2, 0.25) is 0 Å². The summed E-state index contributed by atoms with van der Waals surface area (Å²) in [5.74, 6) is -1.16. The molecule has 1 saturated heterocycles. The van der Waals surface area contributed by atoms with E-state index >= 15 is 0 Å². The summed E-state index contributed by atoms with van der Waals surface area (Å²) in [6.45, 7) is 1.43. The van der Waals surface area contributed by atoms with Crippen LogP contribution >= 0.6 is 0 Å². The maximum atomic E-state index is 12.8. The highest BCUT2D eigenvalue weighted by Gasteiger charge is 2.24. The molecule has 0 saturated carbocycles. The smallest absolute Gasteiger partial charge is 0.335 e. The molecule has 1 aromatic carbocycles. The van der Waals surface area contributed by atoms with Gasteiger partial charge in [0, 0.05) is 19.7 Å². The molecule has 154 valence electrons. The van der Waals surface area contributed by atoms with Crippen LogP contribution in [0.4, 0.5) is 5.69 Å². The maximum absolute atomic E-state index is 12.8. The van der Waals surface area contributed by atoms with Gasteiger partial charge in [-0.3, -0.25) is 0 Å². The third kappa shape index (κ3) is 5.56.